The van der Waals surface area contributed by atoms with E-state index >= 15 is 0 Å². The molecule has 0 radical (unpaired) electrons. The van der Waals surface area contributed by atoms with E-state index in [4.69, 9.17) is 19.5 Å². The number of anilines is 2. The molecule has 1 aromatic heterocycles. The van der Waals surface area contributed by atoms with Gasteiger partial charge in [0, 0.05) is 5.92 Å². The molecule has 4 rings (SSSR count). The van der Waals surface area contributed by atoms with Crippen LogP contribution in [-0.2, 0) is 24.8 Å². The fraction of sp³-hybridized carbons (Fsp3) is 0.636. The molecular weight excluding hydrogens is 331 g/mol. The van der Waals surface area contributed by atoms with Crippen molar-refractivity contribution < 1.29 is 28.3 Å². The van der Waals surface area contributed by atoms with Crippen LogP contribution < -0.4 is 16.6 Å². The van der Waals surface area contributed by atoms with Crippen LogP contribution in [0.25, 0.3) is 0 Å². The predicted molar refractivity (Wildman–Crippen MR) is 75.4 cm³/mol. The van der Waals surface area contributed by atoms with Crippen molar-refractivity contribution in [2.24, 2.45) is 5.92 Å². The highest BCUT2D eigenvalue weighted by atomic mass is 31.2. The third-order valence-electron chi connectivity index (χ3n) is 4.26. The minimum absolute atomic E-state index is 0.0283. The average Bonchev–Trinajstić information content (AvgIpc) is 2.46. The van der Waals surface area contributed by atoms with E-state index < -0.39 is 43.8 Å². The SMILES string of the molecule is Nc1nc2c(c(=O)[nH]1)C[C@H]1[C@H](O)[C@H]3OP(=O)(O)OC[C@H]3O[C@H]1N2. The molecule has 3 aliphatic rings. The molecule has 2 fully saturated rings. The summed E-state index contributed by atoms with van der Waals surface area (Å²) >= 11 is 0. The quantitative estimate of drug-likeness (QED) is 0.350. The van der Waals surface area contributed by atoms with Crippen molar-refractivity contribution in [3.63, 3.8) is 0 Å². The Labute approximate surface area is 129 Å². The number of rotatable bonds is 0. The molecule has 0 saturated carbocycles. The Kier molecular flexibility index (Phi) is 3.28. The van der Waals surface area contributed by atoms with Gasteiger partial charge in [-0.2, -0.15) is 4.98 Å². The Morgan fingerprint density at radius 1 is 1.43 bits per heavy atom. The van der Waals surface area contributed by atoms with Crippen LogP contribution in [0.1, 0.15) is 5.56 Å². The maximum Gasteiger partial charge on any atom is 0.472 e. The summed E-state index contributed by atoms with van der Waals surface area (Å²) in [5.41, 5.74) is 5.44. The highest BCUT2D eigenvalue weighted by Crippen LogP contribution is 2.51. The molecule has 0 aliphatic carbocycles. The second-order valence-corrected chi connectivity index (χ2v) is 7.12. The molecule has 126 valence electrons. The number of hydrogen-bond donors (Lipinski definition) is 5. The Bertz CT molecular complexity index is 754. The summed E-state index contributed by atoms with van der Waals surface area (Å²) in [5, 5.41) is 13.4. The highest BCUT2D eigenvalue weighted by molar-refractivity contribution is 7.47. The first-order valence-corrected chi connectivity index (χ1v) is 8.48. The number of aliphatic hydroxyl groups is 1. The first kappa shape index (κ1) is 15.1. The molecule has 0 amide bonds. The molecule has 3 aliphatic heterocycles. The molecule has 4 heterocycles. The molecule has 11 nitrogen and oxygen atoms in total. The summed E-state index contributed by atoms with van der Waals surface area (Å²) in [5.74, 6) is -0.281. The third-order valence-corrected chi connectivity index (χ3v) is 5.25. The molecule has 0 spiro atoms. The van der Waals surface area contributed by atoms with Crippen molar-refractivity contribution in [2.75, 3.05) is 17.7 Å². The molecule has 6 atom stereocenters. The topological polar surface area (TPSA) is 169 Å². The number of fused-ring (bicyclic) bond motifs is 3. The van der Waals surface area contributed by atoms with Gasteiger partial charge in [0.1, 0.15) is 24.3 Å². The van der Waals surface area contributed by atoms with Gasteiger partial charge in [0.05, 0.1) is 18.3 Å². The molecule has 6 N–H and O–H groups in total. The zero-order chi connectivity index (χ0) is 16.4. The molecule has 0 bridgehead atoms. The predicted octanol–water partition coefficient (Wildman–Crippen LogP) is -1.46. The fourth-order valence-electron chi connectivity index (χ4n) is 3.19. The molecule has 2 saturated heterocycles. The summed E-state index contributed by atoms with van der Waals surface area (Å²) < 4.78 is 26.9. The minimum Gasteiger partial charge on any atom is -0.390 e. The van der Waals surface area contributed by atoms with Gasteiger partial charge in [0.2, 0.25) is 5.95 Å². The fourth-order valence-corrected chi connectivity index (χ4v) is 4.15. The molecule has 1 aromatic rings. The summed E-state index contributed by atoms with van der Waals surface area (Å²) in [6, 6.07) is 0. The number of aromatic amines is 1. The number of hydrogen-bond acceptors (Lipinski definition) is 9. The normalized spacial score (nSPS) is 42.1. The van der Waals surface area contributed by atoms with Crippen molar-refractivity contribution in [1.29, 1.82) is 0 Å². The summed E-state index contributed by atoms with van der Waals surface area (Å²) in [6.45, 7) is -0.182. The van der Waals surface area contributed by atoms with Crippen molar-refractivity contribution in [3.8, 4) is 0 Å². The van der Waals surface area contributed by atoms with Gasteiger partial charge in [-0.3, -0.25) is 18.8 Å². The van der Waals surface area contributed by atoms with Gasteiger partial charge in [0.25, 0.3) is 5.56 Å². The lowest BCUT2D eigenvalue weighted by Gasteiger charge is -2.48. The number of phosphoric acid groups is 1. The van der Waals surface area contributed by atoms with Crippen LogP contribution in [0.5, 0.6) is 0 Å². The van der Waals surface area contributed by atoms with Crippen molar-refractivity contribution in [3.05, 3.63) is 15.9 Å². The van der Waals surface area contributed by atoms with Gasteiger partial charge in [-0.05, 0) is 6.42 Å². The molecule has 0 aromatic carbocycles. The maximum absolute atomic E-state index is 12.0. The van der Waals surface area contributed by atoms with Gasteiger partial charge < -0.3 is 25.8 Å². The molecular formula is C11H15N4O7P. The van der Waals surface area contributed by atoms with Crippen molar-refractivity contribution in [2.45, 2.75) is 31.0 Å². The Balaban J connectivity index is 1.67. The Morgan fingerprint density at radius 2 is 2.22 bits per heavy atom. The van der Waals surface area contributed by atoms with Gasteiger partial charge in [0.15, 0.2) is 0 Å². The smallest absolute Gasteiger partial charge is 0.390 e. The Hall–Kier alpha value is -1.49. The lowest BCUT2D eigenvalue weighted by molar-refractivity contribution is -0.213. The van der Waals surface area contributed by atoms with Gasteiger partial charge in [-0.25, -0.2) is 4.57 Å². The number of aliphatic hydroxyl groups excluding tert-OH is 1. The van der Waals surface area contributed by atoms with Crippen molar-refractivity contribution >= 4 is 19.6 Å². The second-order valence-electron chi connectivity index (χ2n) is 5.71. The Morgan fingerprint density at radius 3 is 3.00 bits per heavy atom. The lowest BCUT2D eigenvalue weighted by Crippen LogP contribution is -2.61. The highest BCUT2D eigenvalue weighted by Gasteiger charge is 2.53. The van der Waals surface area contributed by atoms with Crippen LogP contribution in [0, 0.1) is 5.92 Å². The number of nitrogens with one attached hydrogen (secondary N) is 2. The first-order chi connectivity index (χ1) is 10.8. The second kappa shape index (κ2) is 5.00. The van der Waals surface area contributed by atoms with E-state index in [0.717, 1.165) is 0 Å². The minimum atomic E-state index is -4.20. The monoisotopic (exact) mass is 346 g/mol. The van der Waals surface area contributed by atoms with E-state index in [1.54, 1.807) is 0 Å². The maximum atomic E-state index is 12.0. The van der Waals surface area contributed by atoms with Gasteiger partial charge in [-0.1, -0.05) is 0 Å². The average molecular weight is 346 g/mol. The van der Waals surface area contributed by atoms with Crippen LogP contribution in [0.4, 0.5) is 11.8 Å². The number of nitrogens with two attached hydrogens (primary N) is 1. The number of ether oxygens (including phenoxy) is 1. The number of nitrogen functional groups attached to an aromatic ring is 1. The number of nitrogens with zero attached hydrogens (tertiary/aromatic N) is 1. The summed E-state index contributed by atoms with van der Waals surface area (Å²) in [7, 11) is -4.20. The third kappa shape index (κ3) is 2.45. The van der Waals surface area contributed by atoms with Crippen LogP contribution >= 0.6 is 7.82 Å². The van der Waals surface area contributed by atoms with E-state index in [-0.39, 0.29) is 19.0 Å². The van der Waals surface area contributed by atoms with Crippen LogP contribution in [-0.4, -0.2) is 51.1 Å². The number of aromatic nitrogens is 2. The van der Waals surface area contributed by atoms with Crippen molar-refractivity contribution in [1.82, 2.24) is 9.97 Å². The largest absolute Gasteiger partial charge is 0.472 e. The zero-order valence-corrected chi connectivity index (χ0v) is 12.6. The van der Waals surface area contributed by atoms with E-state index in [0.29, 0.717) is 11.4 Å². The first-order valence-electron chi connectivity index (χ1n) is 6.98. The summed E-state index contributed by atoms with van der Waals surface area (Å²) in [6.07, 6.45) is -3.31. The van der Waals surface area contributed by atoms with Crippen LogP contribution in [0.2, 0.25) is 0 Å². The van der Waals surface area contributed by atoms with Gasteiger partial charge in [-0.15, -0.1) is 0 Å². The number of phosphoric ester groups is 1. The molecule has 12 heteroatoms. The molecule has 23 heavy (non-hydrogen) atoms. The van der Waals surface area contributed by atoms with E-state index in [1.165, 1.54) is 0 Å². The zero-order valence-electron chi connectivity index (χ0n) is 11.7. The van der Waals surface area contributed by atoms with Gasteiger partial charge >= 0.3 is 7.82 Å². The van der Waals surface area contributed by atoms with E-state index in [2.05, 4.69) is 15.3 Å². The summed E-state index contributed by atoms with van der Waals surface area (Å²) in [4.78, 5) is 27.8. The standard InChI is InChI=1S/C11H15N4O7P/c12-11-14-8-4(9(17)15-11)1-3-6(16)7-5(21-10(3)13-8)2-20-23(18,19)22-7/h3,5-7,10,16H,1-2H2,(H,18,19)(H4,12,13,14,15,17)/t3-,5+,6-,7-,10+/m0/s1. The van der Waals surface area contributed by atoms with E-state index in [9.17, 15) is 19.4 Å². The lowest BCUT2D eigenvalue weighted by atomic mass is 9.83. The molecule has 1 unspecified atom stereocenters. The number of H-pyrrole nitrogens is 1. The van der Waals surface area contributed by atoms with Crippen LogP contribution in [0.15, 0.2) is 4.79 Å². The van der Waals surface area contributed by atoms with Crippen LogP contribution in [0.3, 0.4) is 0 Å². The van der Waals surface area contributed by atoms with E-state index in [1.807, 2.05) is 0 Å².